The molecule has 1 fully saturated rings. The van der Waals surface area contributed by atoms with E-state index >= 15 is 0 Å². The predicted octanol–water partition coefficient (Wildman–Crippen LogP) is 3.89. The number of hydrogen-bond donors (Lipinski definition) is 1. The van der Waals surface area contributed by atoms with Crippen molar-refractivity contribution in [2.24, 2.45) is 0 Å². The molecule has 1 aliphatic rings. The van der Waals surface area contributed by atoms with Crippen LogP contribution in [0.15, 0.2) is 60.9 Å². The number of nitrogens with one attached hydrogen (secondary N) is 1. The van der Waals surface area contributed by atoms with Gasteiger partial charge in [0.25, 0.3) is 0 Å². The molecule has 0 radical (unpaired) electrons. The maximum atomic E-state index is 12.9. The molecule has 0 saturated carbocycles. The Hall–Kier alpha value is -3.12. The molecule has 1 amide bonds. The lowest BCUT2D eigenvalue weighted by Gasteiger charge is -2.29. The lowest BCUT2D eigenvalue weighted by molar-refractivity contribution is -0.118. The maximum Gasteiger partial charge on any atom is 0.247 e. The molecule has 1 aromatic heterocycles. The van der Waals surface area contributed by atoms with Crippen molar-refractivity contribution >= 4 is 17.3 Å². The normalized spacial score (nSPS) is 15.2. The van der Waals surface area contributed by atoms with Gasteiger partial charge in [-0.3, -0.25) is 4.79 Å². The van der Waals surface area contributed by atoms with E-state index < -0.39 is 0 Å². The maximum absolute atomic E-state index is 12.9. The fraction of sp³-hybridized carbons (Fsp3) is 0.304. The SMILES string of the molecule is Cc1cc(N2CCOCC2)ccc1NC(=O)[C@H](C)n1ccnc1-c1ccccc1. The molecular formula is C23H26N4O2. The fourth-order valence-electron chi connectivity index (χ4n) is 3.61. The van der Waals surface area contributed by atoms with Crippen LogP contribution >= 0.6 is 0 Å². The van der Waals surface area contributed by atoms with Crippen LogP contribution in [0.2, 0.25) is 0 Å². The second-order valence-electron chi connectivity index (χ2n) is 7.29. The van der Waals surface area contributed by atoms with Crippen LogP contribution < -0.4 is 10.2 Å². The summed E-state index contributed by atoms with van der Waals surface area (Å²) in [7, 11) is 0. The van der Waals surface area contributed by atoms with Crippen molar-refractivity contribution in [3.05, 3.63) is 66.5 Å². The Morgan fingerprint density at radius 3 is 2.62 bits per heavy atom. The smallest absolute Gasteiger partial charge is 0.247 e. The lowest BCUT2D eigenvalue weighted by atomic mass is 10.1. The van der Waals surface area contributed by atoms with Gasteiger partial charge in [-0.1, -0.05) is 30.3 Å². The zero-order valence-electron chi connectivity index (χ0n) is 16.8. The van der Waals surface area contributed by atoms with E-state index in [1.54, 1.807) is 6.20 Å². The van der Waals surface area contributed by atoms with Crippen LogP contribution in [0.3, 0.4) is 0 Å². The van der Waals surface area contributed by atoms with Crippen molar-refractivity contribution in [3.8, 4) is 11.4 Å². The summed E-state index contributed by atoms with van der Waals surface area (Å²) in [5.41, 5.74) is 4.03. The molecule has 1 aliphatic heterocycles. The minimum atomic E-state index is -0.383. The summed E-state index contributed by atoms with van der Waals surface area (Å²) in [5, 5.41) is 3.08. The first-order chi connectivity index (χ1) is 14.1. The van der Waals surface area contributed by atoms with Gasteiger partial charge < -0.3 is 19.5 Å². The Balaban J connectivity index is 1.49. The monoisotopic (exact) mass is 390 g/mol. The van der Waals surface area contributed by atoms with E-state index in [0.29, 0.717) is 0 Å². The van der Waals surface area contributed by atoms with E-state index in [0.717, 1.165) is 54.6 Å². The van der Waals surface area contributed by atoms with Crippen molar-refractivity contribution in [3.63, 3.8) is 0 Å². The molecule has 0 unspecified atom stereocenters. The summed E-state index contributed by atoms with van der Waals surface area (Å²) in [6.45, 7) is 7.21. The van der Waals surface area contributed by atoms with Crippen molar-refractivity contribution in [2.45, 2.75) is 19.9 Å². The van der Waals surface area contributed by atoms with Gasteiger partial charge in [0.2, 0.25) is 5.91 Å². The van der Waals surface area contributed by atoms with Gasteiger partial charge in [0.1, 0.15) is 11.9 Å². The Morgan fingerprint density at radius 1 is 1.14 bits per heavy atom. The molecule has 6 heteroatoms. The molecule has 2 heterocycles. The third-order valence-electron chi connectivity index (χ3n) is 5.34. The highest BCUT2D eigenvalue weighted by molar-refractivity contribution is 5.94. The van der Waals surface area contributed by atoms with E-state index in [2.05, 4.69) is 27.3 Å². The summed E-state index contributed by atoms with van der Waals surface area (Å²) in [4.78, 5) is 19.7. The fourth-order valence-corrected chi connectivity index (χ4v) is 3.61. The van der Waals surface area contributed by atoms with Crippen molar-refractivity contribution < 1.29 is 9.53 Å². The zero-order valence-corrected chi connectivity index (χ0v) is 16.8. The second kappa shape index (κ2) is 8.49. The highest BCUT2D eigenvalue weighted by Crippen LogP contribution is 2.26. The summed E-state index contributed by atoms with van der Waals surface area (Å²) < 4.78 is 7.33. The first kappa shape index (κ1) is 19.2. The zero-order chi connectivity index (χ0) is 20.2. The molecule has 1 atom stereocenters. The highest BCUT2D eigenvalue weighted by atomic mass is 16.5. The number of carbonyl (C=O) groups is 1. The number of morpholine rings is 1. The number of amides is 1. The summed E-state index contributed by atoms with van der Waals surface area (Å²) in [6.07, 6.45) is 3.58. The number of hydrogen-bond acceptors (Lipinski definition) is 4. The van der Waals surface area contributed by atoms with Gasteiger partial charge in [0, 0.05) is 42.4 Å². The molecule has 0 bridgehead atoms. The van der Waals surface area contributed by atoms with E-state index in [1.807, 2.05) is 61.0 Å². The third-order valence-corrected chi connectivity index (χ3v) is 5.34. The molecule has 0 aliphatic carbocycles. The summed E-state index contributed by atoms with van der Waals surface area (Å²) in [6, 6.07) is 15.7. The molecule has 1 N–H and O–H groups in total. The number of rotatable bonds is 5. The molecule has 6 nitrogen and oxygen atoms in total. The first-order valence-corrected chi connectivity index (χ1v) is 9.96. The largest absolute Gasteiger partial charge is 0.378 e. The summed E-state index contributed by atoms with van der Waals surface area (Å²) in [5.74, 6) is 0.718. The molecule has 4 rings (SSSR count). The van der Waals surface area contributed by atoms with E-state index in [4.69, 9.17) is 4.74 Å². The predicted molar refractivity (Wildman–Crippen MR) is 115 cm³/mol. The van der Waals surface area contributed by atoms with Crippen LogP contribution in [0.5, 0.6) is 0 Å². The molecule has 0 spiro atoms. The van der Waals surface area contributed by atoms with Gasteiger partial charge in [-0.25, -0.2) is 4.98 Å². The van der Waals surface area contributed by atoms with Crippen molar-refractivity contribution in [1.29, 1.82) is 0 Å². The van der Waals surface area contributed by atoms with Gasteiger partial charge in [-0.2, -0.15) is 0 Å². The van der Waals surface area contributed by atoms with Crippen LogP contribution in [-0.2, 0) is 9.53 Å². The molecule has 150 valence electrons. The number of aromatic nitrogens is 2. The Bertz CT molecular complexity index is 978. The van der Waals surface area contributed by atoms with Gasteiger partial charge in [-0.15, -0.1) is 0 Å². The standard InChI is InChI=1S/C23H26N4O2/c1-17-16-20(26-12-14-29-15-13-26)8-9-21(17)25-23(28)18(2)27-11-10-24-22(27)19-6-4-3-5-7-19/h3-11,16,18H,12-15H2,1-2H3,(H,25,28)/t18-/m0/s1. The Labute approximate surface area is 171 Å². The average Bonchev–Trinajstić information content (AvgIpc) is 3.25. The number of anilines is 2. The molecular weight excluding hydrogens is 364 g/mol. The highest BCUT2D eigenvalue weighted by Gasteiger charge is 2.20. The second-order valence-corrected chi connectivity index (χ2v) is 7.29. The Morgan fingerprint density at radius 2 is 1.90 bits per heavy atom. The van der Waals surface area contributed by atoms with Crippen LogP contribution in [0.25, 0.3) is 11.4 Å². The van der Waals surface area contributed by atoms with Crippen LogP contribution in [0.4, 0.5) is 11.4 Å². The minimum Gasteiger partial charge on any atom is -0.378 e. The van der Waals surface area contributed by atoms with Gasteiger partial charge in [-0.05, 0) is 37.6 Å². The minimum absolute atomic E-state index is 0.0672. The number of nitrogens with zero attached hydrogens (tertiary/aromatic N) is 3. The third kappa shape index (κ3) is 4.17. The molecule has 1 saturated heterocycles. The van der Waals surface area contributed by atoms with Gasteiger partial charge in [0.15, 0.2) is 0 Å². The van der Waals surface area contributed by atoms with Crippen LogP contribution in [0, 0.1) is 6.92 Å². The van der Waals surface area contributed by atoms with E-state index in [1.165, 1.54) is 0 Å². The number of aryl methyl sites for hydroxylation is 1. The number of benzene rings is 2. The lowest BCUT2D eigenvalue weighted by Crippen LogP contribution is -2.36. The van der Waals surface area contributed by atoms with Crippen molar-refractivity contribution in [2.75, 3.05) is 36.5 Å². The van der Waals surface area contributed by atoms with Crippen molar-refractivity contribution in [1.82, 2.24) is 9.55 Å². The number of imidazole rings is 1. The van der Waals surface area contributed by atoms with Crippen LogP contribution in [0.1, 0.15) is 18.5 Å². The average molecular weight is 390 g/mol. The van der Waals surface area contributed by atoms with E-state index in [9.17, 15) is 4.79 Å². The molecule has 29 heavy (non-hydrogen) atoms. The van der Waals surface area contributed by atoms with Gasteiger partial charge in [0.05, 0.1) is 13.2 Å². The first-order valence-electron chi connectivity index (χ1n) is 9.96. The van der Waals surface area contributed by atoms with Gasteiger partial charge >= 0.3 is 0 Å². The molecule has 3 aromatic rings. The molecule has 2 aromatic carbocycles. The topological polar surface area (TPSA) is 59.4 Å². The Kier molecular flexibility index (Phi) is 5.62. The summed E-state index contributed by atoms with van der Waals surface area (Å²) >= 11 is 0. The van der Waals surface area contributed by atoms with E-state index in [-0.39, 0.29) is 11.9 Å². The quantitative estimate of drug-likeness (QED) is 0.718. The number of carbonyl (C=O) groups excluding carboxylic acids is 1. The van der Waals surface area contributed by atoms with Crippen LogP contribution in [-0.4, -0.2) is 41.8 Å². The number of ether oxygens (including phenoxy) is 1.